The number of piperidine rings is 1. The fourth-order valence-corrected chi connectivity index (χ4v) is 4.81. The predicted molar refractivity (Wildman–Crippen MR) is 108 cm³/mol. The molecule has 6 heteroatoms. The maximum Gasteiger partial charge on any atom is 0.338 e. The van der Waals surface area contributed by atoms with Gasteiger partial charge >= 0.3 is 12.0 Å². The van der Waals surface area contributed by atoms with Crippen LogP contribution in [0.3, 0.4) is 0 Å². The highest BCUT2D eigenvalue weighted by Gasteiger charge is 2.36. The van der Waals surface area contributed by atoms with Gasteiger partial charge in [0, 0.05) is 11.8 Å². The molecular weight excluding hydrogens is 354 g/mol. The minimum atomic E-state index is -0.504. The van der Waals surface area contributed by atoms with Crippen molar-refractivity contribution in [2.24, 2.45) is 11.8 Å². The number of aryl methyl sites for hydroxylation is 2. The van der Waals surface area contributed by atoms with E-state index in [1.54, 1.807) is 0 Å². The number of carbonyl (C=O) groups is 2. The number of hydrogen-bond donors (Lipinski definition) is 3. The quantitative estimate of drug-likeness (QED) is 0.689. The van der Waals surface area contributed by atoms with Crippen molar-refractivity contribution in [2.75, 3.05) is 26.7 Å². The number of carbonyl (C=O) groups excluding carboxylic acids is 2. The molecule has 0 aromatic heterocycles. The summed E-state index contributed by atoms with van der Waals surface area (Å²) in [6.45, 7) is 11.3. The normalized spacial score (nSPS) is 27.8. The number of quaternary nitrogens is 1. The van der Waals surface area contributed by atoms with Crippen LogP contribution in [-0.4, -0.2) is 38.7 Å². The van der Waals surface area contributed by atoms with E-state index >= 15 is 0 Å². The lowest BCUT2D eigenvalue weighted by atomic mass is 9.89. The third-order valence-corrected chi connectivity index (χ3v) is 5.80. The second-order valence-corrected chi connectivity index (χ2v) is 8.56. The van der Waals surface area contributed by atoms with E-state index in [1.165, 1.54) is 18.4 Å². The number of nitrogens with one attached hydrogen (secondary N) is 3. The average Bonchev–Trinajstić information content (AvgIpc) is 2.59. The van der Waals surface area contributed by atoms with Crippen molar-refractivity contribution in [2.45, 2.75) is 40.2 Å². The number of methoxy groups -OCH3 is 1. The number of ether oxygens (including phenoxy) is 1. The molecule has 6 nitrogen and oxygen atoms in total. The Morgan fingerprint density at radius 2 is 1.89 bits per heavy atom. The molecule has 2 aliphatic rings. The van der Waals surface area contributed by atoms with Gasteiger partial charge in [0.05, 0.1) is 37.5 Å². The largest absolute Gasteiger partial charge is 0.466 e. The first-order chi connectivity index (χ1) is 13.3. The summed E-state index contributed by atoms with van der Waals surface area (Å²) < 4.78 is 5.10. The van der Waals surface area contributed by atoms with Gasteiger partial charge in [-0.1, -0.05) is 37.6 Å². The van der Waals surface area contributed by atoms with Crippen LogP contribution in [-0.2, 0) is 9.53 Å². The molecule has 1 fully saturated rings. The molecule has 3 rings (SSSR count). The number of likely N-dealkylation sites (tertiary alicyclic amines) is 1. The van der Waals surface area contributed by atoms with Gasteiger partial charge in [0.15, 0.2) is 0 Å². The SMILES string of the molecule is COC(=O)C1=C(C[NH+]2C[C@@H](C)C[C@H](C)C2)NC(=O)N[C@H]1c1ccc(C)cc1C. The van der Waals surface area contributed by atoms with Gasteiger partial charge in [-0.25, -0.2) is 9.59 Å². The minimum Gasteiger partial charge on any atom is -0.466 e. The van der Waals surface area contributed by atoms with Crippen molar-refractivity contribution < 1.29 is 19.2 Å². The molecule has 0 bridgehead atoms. The molecule has 0 saturated carbocycles. The number of hydrogen-bond acceptors (Lipinski definition) is 3. The average molecular weight is 387 g/mol. The molecule has 2 aliphatic heterocycles. The zero-order valence-electron chi connectivity index (χ0n) is 17.5. The third kappa shape index (κ3) is 4.38. The number of rotatable bonds is 4. The van der Waals surface area contributed by atoms with Crippen molar-refractivity contribution in [3.8, 4) is 0 Å². The lowest BCUT2D eigenvalue weighted by molar-refractivity contribution is -0.907. The maximum atomic E-state index is 12.7. The van der Waals surface area contributed by atoms with Crippen LogP contribution in [0.25, 0.3) is 0 Å². The fourth-order valence-electron chi connectivity index (χ4n) is 4.81. The summed E-state index contributed by atoms with van der Waals surface area (Å²) in [5.41, 5.74) is 4.30. The van der Waals surface area contributed by atoms with Crippen molar-refractivity contribution >= 4 is 12.0 Å². The van der Waals surface area contributed by atoms with Gasteiger partial charge in [0.2, 0.25) is 0 Å². The summed E-state index contributed by atoms with van der Waals surface area (Å²) >= 11 is 0. The molecule has 0 radical (unpaired) electrons. The molecule has 1 saturated heterocycles. The lowest BCUT2D eigenvalue weighted by Gasteiger charge is -2.35. The Labute approximate surface area is 167 Å². The Morgan fingerprint density at radius 3 is 2.50 bits per heavy atom. The summed E-state index contributed by atoms with van der Waals surface area (Å²) in [5.74, 6) is 0.868. The Bertz CT molecular complexity index is 792. The van der Waals surface area contributed by atoms with E-state index in [0.29, 0.717) is 29.7 Å². The molecule has 0 spiro atoms. The maximum absolute atomic E-state index is 12.7. The number of esters is 1. The molecule has 2 amide bonds. The van der Waals surface area contributed by atoms with Crippen molar-refractivity contribution in [3.63, 3.8) is 0 Å². The highest BCUT2D eigenvalue weighted by Crippen LogP contribution is 2.30. The second-order valence-electron chi connectivity index (χ2n) is 8.56. The van der Waals surface area contributed by atoms with E-state index in [9.17, 15) is 9.59 Å². The van der Waals surface area contributed by atoms with Gasteiger partial charge in [-0.05, 0) is 31.4 Å². The van der Waals surface area contributed by atoms with Gasteiger partial charge in [0.1, 0.15) is 6.54 Å². The van der Waals surface area contributed by atoms with Gasteiger partial charge in [0.25, 0.3) is 0 Å². The molecule has 3 atom stereocenters. The van der Waals surface area contributed by atoms with Gasteiger partial charge < -0.3 is 20.3 Å². The Balaban J connectivity index is 2.00. The molecule has 28 heavy (non-hydrogen) atoms. The third-order valence-electron chi connectivity index (χ3n) is 5.80. The molecule has 3 N–H and O–H groups in total. The zero-order valence-corrected chi connectivity index (χ0v) is 17.5. The Morgan fingerprint density at radius 1 is 1.21 bits per heavy atom. The standard InChI is InChI=1S/C22H31N3O3/c1-13-6-7-17(16(4)9-13)20-19(21(26)28-5)18(23-22(27)24-20)12-25-10-14(2)8-15(3)11-25/h6-7,9,14-15,20H,8,10-12H2,1-5H3,(H2,23,24,27)/p+1/t14-,15-,20-/m0/s1. The van der Waals surface area contributed by atoms with Crippen molar-refractivity contribution in [1.82, 2.24) is 10.6 Å². The zero-order chi connectivity index (χ0) is 20.4. The molecule has 1 aromatic carbocycles. The van der Waals surface area contributed by atoms with E-state index < -0.39 is 12.0 Å². The number of benzene rings is 1. The number of amides is 2. The van der Waals surface area contributed by atoms with Crippen molar-refractivity contribution in [3.05, 3.63) is 46.2 Å². The molecule has 0 unspecified atom stereocenters. The van der Waals surface area contributed by atoms with Crippen LogP contribution in [0.5, 0.6) is 0 Å². The highest BCUT2D eigenvalue weighted by molar-refractivity contribution is 5.95. The van der Waals surface area contributed by atoms with Gasteiger partial charge in [-0.15, -0.1) is 0 Å². The lowest BCUT2D eigenvalue weighted by Crippen LogP contribution is -3.14. The Kier molecular flexibility index (Phi) is 6.08. The summed E-state index contributed by atoms with van der Waals surface area (Å²) in [6, 6.07) is 5.28. The molecule has 0 aliphatic carbocycles. The van der Waals surface area contributed by atoms with Crippen LogP contribution in [0.2, 0.25) is 0 Å². The number of urea groups is 1. The monoisotopic (exact) mass is 386 g/mol. The summed E-state index contributed by atoms with van der Waals surface area (Å²) in [7, 11) is 1.39. The summed E-state index contributed by atoms with van der Waals surface area (Å²) in [6.07, 6.45) is 1.23. The van der Waals surface area contributed by atoms with Crippen LogP contribution < -0.4 is 15.5 Å². The fraction of sp³-hybridized carbons (Fsp3) is 0.545. The first-order valence-corrected chi connectivity index (χ1v) is 10.1. The molecule has 2 heterocycles. The summed E-state index contributed by atoms with van der Waals surface area (Å²) in [5, 5.41) is 5.82. The van der Waals surface area contributed by atoms with E-state index in [1.807, 2.05) is 26.0 Å². The molecule has 152 valence electrons. The Hall–Kier alpha value is -2.34. The van der Waals surface area contributed by atoms with Gasteiger partial charge in [-0.2, -0.15) is 0 Å². The smallest absolute Gasteiger partial charge is 0.338 e. The van der Waals surface area contributed by atoms with E-state index in [4.69, 9.17) is 4.74 Å². The van der Waals surface area contributed by atoms with Crippen LogP contribution in [0.15, 0.2) is 29.5 Å². The second kappa shape index (κ2) is 8.35. The van der Waals surface area contributed by atoms with Crippen LogP contribution in [0, 0.1) is 25.7 Å². The van der Waals surface area contributed by atoms with Crippen LogP contribution >= 0.6 is 0 Å². The predicted octanol–water partition coefficient (Wildman–Crippen LogP) is 1.65. The topological polar surface area (TPSA) is 71.9 Å². The van der Waals surface area contributed by atoms with E-state index in [2.05, 4.69) is 30.5 Å². The summed E-state index contributed by atoms with van der Waals surface area (Å²) in [4.78, 5) is 26.6. The molecular formula is C22H32N3O3+. The van der Waals surface area contributed by atoms with E-state index in [-0.39, 0.29) is 6.03 Å². The van der Waals surface area contributed by atoms with Gasteiger partial charge in [-0.3, -0.25) is 0 Å². The molecule has 1 aromatic rings. The highest BCUT2D eigenvalue weighted by atomic mass is 16.5. The van der Waals surface area contributed by atoms with Crippen molar-refractivity contribution in [1.29, 1.82) is 0 Å². The first-order valence-electron chi connectivity index (χ1n) is 10.1. The van der Waals surface area contributed by atoms with Crippen LogP contribution in [0.4, 0.5) is 4.79 Å². The van der Waals surface area contributed by atoms with Crippen LogP contribution in [0.1, 0.15) is 43.0 Å². The first kappa shape index (κ1) is 20.4. The minimum absolute atomic E-state index is 0.273. The van der Waals surface area contributed by atoms with E-state index in [0.717, 1.165) is 29.8 Å².